The molecule has 0 atom stereocenters. The van der Waals surface area contributed by atoms with Gasteiger partial charge >= 0.3 is 6.03 Å². The molecule has 2 aliphatic carbocycles. The molecular weight excluding hydrogens is 426 g/mol. The molecule has 0 unspecified atom stereocenters. The van der Waals surface area contributed by atoms with E-state index in [9.17, 15) is 4.79 Å². The highest BCUT2D eigenvalue weighted by atomic mass is 35.5. The fraction of sp³-hybridized carbons (Fsp3) is 0.478. The van der Waals surface area contributed by atoms with E-state index in [0.29, 0.717) is 23.5 Å². The zero-order chi connectivity index (χ0) is 22.1. The van der Waals surface area contributed by atoms with E-state index in [1.807, 2.05) is 42.1 Å². The monoisotopic (exact) mass is 453 g/mol. The van der Waals surface area contributed by atoms with Crippen LogP contribution >= 0.6 is 11.6 Å². The summed E-state index contributed by atoms with van der Waals surface area (Å²) in [5.74, 6) is 2.17. The summed E-state index contributed by atoms with van der Waals surface area (Å²) >= 11 is 6.21. The number of anilines is 1. The Hall–Kier alpha value is -2.87. The summed E-state index contributed by atoms with van der Waals surface area (Å²) < 4.78 is 1.84. The summed E-state index contributed by atoms with van der Waals surface area (Å²) in [4.78, 5) is 21.6. The standard InChI is InChI=1S/C23H28ClN7O/c1-2-25-23(32)28-17-10-8-16(9-11-17)27-21-19-13-26-31(18-5-3-4-15(24)12-18)22(19)30-20(29-21)14-6-7-14/h3-5,12-14,16-17H,2,6-11H2,1H3,(H2,25,28,32)(H,27,29,30). The maximum atomic E-state index is 11.8. The lowest BCUT2D eigenvalue weighted by Gasteiger charge is -2.30. The van der Waals surface area contributed by atoms with Crippen molar-refractivity contribution in [3.63, 3.8) is 0 Å². The van der Waals surface area contributed by atoms with Gasteiger partial charge in [-0.2, -0.15) is 5.10 Å². The quantitative estimate of drug-likeness (QED) is 0.514. The SMILES string of the molecule is CCNC(=O)NC1CCC(Nc2nc(C3CC3)nc3c2cnn3-c2cccc(Cl)c2)CC1. The van der Waals surface area contributed by atoms with Gasteiger partial charge in [0.25, 0.3) is 0 Å². The molecule has 2 heterocycles. The van der Waals surface area contributed by atoms with Crippen LogP contribution in [0.4, 0.5) is 10.6 Å². The van der Waals surface area contributed by atoms with Crippen LogP contribution < -0.4 is 16.0 Å². The molecule has 0 spiro atoms. The zero-order valence-corrected chi connectivity index (χ0v) is 18.9. The van der Waals surface area contributed by atoms with Crippen LogP contribution in [0.3, 0.4) is 0 Å². The molecule has 32 heavy (non-hydrogen) atoms. The van der Waals surface area contributed by atoms with Gasteiger partial charge in [0, 0.05) is 29.6 Å². The highest BCUT2D eigenvalue weighted by Gasteiger charge is 2.29. The topological polar surface area (TPSA) is 96.8 Å². The first-order valence-electron chi connectivity index (χ1n) is 11.4. The number of nitrogens with one attached hydrogen (secondary N) is 3. The van der Waals surface area contributed by atoms with E-state index in [-0.39, 0.29) is 12.1 Å². The van der Waals surface area contributed by atoms with Crippen LogP contribution in [0, 0.1) is 0 Å². The van der Waals surface area contributed by atoms with Gasteiger partial charge < -0.3 is 16.0 Å². The summed E-state index contributed by atoms with van der Waals surface area (Å²) in [7, 11) is 0. The van der Waals surface area contributed by atoms with Crippen molar-refractivity contribution in [3.8, 4) is 5.69 Å². The number of fused-ring (bicyclic) bond motifs is 1. The Morgan fingerprint density at radius 3 is 2.62 bits per heavy atom. The minimum atomic E-state index is -0.0797. The van der Waals surface area contributed by atoms with Crippen LogP contribution in [0.5, 0.6) is 0 Å². The Kier molecular flexibility index (Phi) is 5.87. The first-order valence-corrected chi connectivity index (χ1v) is 11.8. The van der Waals surface area contributed by atoms with Gasteiger partial charge in [-0.15, -0.1) is 0 Å². The third kappa shape index (κ3) is 4.50. The highest BCUT2D eigenvalue weighted by molar-refractivity contribution is 6.30. The van der Waals surface area contributed by atoms with Crippen molar-refractivity contribution in [2.45, 2.75) is 63.5 Å². The molecule has 3 N–H and O–H groups in total. The van der Waals surface area contributed by atoms with E-state index in [1.54, 1.807) is 0 Å². The summed E-state index contributed by atoms with van der Waals surface area (Å²) in [6, 6.07) is 8.09. The number of aromatic nitrogens is 4. The molecular formula is C23H28ClN7O. The van der Waals surface area contributed by atoms with Crippen LogP contribution in [-0.4, -0.2) is 44.4 Å². The molecule has 1 aromatic carbocycles. The van der Waals surface area contributed by atoms with Crippen molar-refractivity contribution >= 4 is 34.5 Å². The van der Waals surface area contributed by atoms with Gasteiger partial charge in [-0.05, 0) is 63.6 Å². The van der Waals surface area contributed by atoms with E-state index in [0.717, 1.165) is 66.9 Å². The van der Waals surface area contributed by atoms with Crippen molar-refractivity contribution in [3.05, 3.63) is 41.3 Å². The second-order valence-corrected chi connectivity index (χ2v) is 9.11. The lowest BCUT2D eigenvalue weighted by molar-refractivity contribution is 0.232. The fourth-order valence-corrected chi connectivity index (χ4v) is 4.51. The third-order valence-corrected chi connectivity index (χ3v) is 6.42. The molecule has 3 aromatic rings. The number of rotatable bonds is 6. The van der Waals surface area contributed by atoms with Crippen molar-refractivity contribution in [2.24, 2.45) is 0 Å². The van der Waals surface area contributed by atoms with Crippen LogP contribution in [0.25, 0.3) is 16.7 Å². The Morgan fingerprint density at radius 1 is 1.12 bits per heavy atom. The molecule has 8 nitrogen and oxygen atoms in total. The van der Waals surface area contributed by atoms with Crippen LogP contribution in [0.15, 0.2) is 30.5 Å². The minimum absolute atomic E-state index is 0.0797. The van der Waals surface area contributed by atoms with Gasteiger partial charge in [-0.1, -0.05) is 17.7 Å². The Morgan fingerprint density at radius 2 is 1.91 bits per heavy atom. The van der Waals surface area contributed by atoms with Crippen molar-refractivity contribution in [1.82, 2.24) is 30.4 Å². The van der Waals surface area contributed by atoms with Gasteiger partial charge in [0.1, 0.15) is 11.6 Å². The Labute approximate surface area is 192 Å². The van der Waals surface area contributed by atoms with E-state index < -0.39 is 0 Å². The summed E-state index contributed by atoms with van der Waals surface area (Å²) in [6.45, 7) is 2.56. The van der Waals surface area contributed by atoms with Crippen molar-refractivity contribution < 1.29 is 4.79 Å². The molecule has 0 bridgehead atoms. The molecule has 9 heteroatoms. The highest BCUT2D eigenvalue weighted by Crippen LogP contribution is 2.40. The van der Waals surface area contributed by atoms with Crippen LogP contribution in [0.1, 0.15) is 57.2 Å². The average Bonchev–Trinajstić information content (AvgIpc) is 3.54. The number of halogens is 1. The van der Waals surface area contributed by atoms with Gasteiger partial charge in [-0.25, -0.2) is 19.4 Å². The maximum Gasteiger partial charge on any atom is 0.314 e. The predicted molar refractivity (Wildman–Crippen MR) is 126 cm³/mol. The van der Waals surface area contributed by atoms with E-state index in [1.165, 1.54) is 0 Å². The smallest absolute Gasteiger partial charge is 0.314 e. The fourth-order valence-electron chi connectivity index (χ4n) is 4.33. The number of nitrogens with zero attached hydrogens (tertiary/aromatic N) is 4. The lowest BCUT2D eigenvalue weighted by Crippen LogP contribution is -2.44. The molecule has 2 saturated carbocycles. The Balaban J connectivity index is 1.37. The largest absolute Gasteiger partial charge is 0.367 e. The molecule has 2 fully saturated rings. The number of carbonyl (C=O) groups is 1. The normalized spacial score (nSPS) is 20.8. The van der Waals surface area contributed by atoms with Crippen LogP contribution in [-0.2, 0) is 0 Å². The predicted octanol–water partition coefficient (Wildman–Crippen LogP) is 4.39. The molecule has 168 valence electrons. The molecule has 0 aliphatic heterocycles. The van der Waals surface area contributed by atoms with Crippen molar-refractivity contribution in [2.75, 3.05) is 11.9 Å². The summed E-state index contributed by atoms with van der Waals surface area (Å²) in [5, 5.41) is 15.7. The van der Waals surface area contributed by atoms with E-state index in [2.05, 4.69) is 21.0 Å². The first-order chi connectivity index (χ1) is 15.6. The molecule has 2 amide bonds. The number of carbonyl (C=O) groups excluding carboxylic acids is 1. The van der Waals surface area contributed by atoms with Gasteiger partial charge in [0.2, 0.25) is 0 Å². The molecule has 0 radical (unpaired) electrons. The second-order valence-electron chi connectivity index (χ2n) is 8.67. The number of urea groups is 1. The maximum absolute atomic E-state index is 11.8. The van der Waals surface area contributed by atoms with Crippen molar-refractivity contribution in [1.29, 1.82) is 0 Å². The first kappa shape index (κ1) is 21.0. The second kappa shape index (κ2) is 8.94. The molecule has 2 aliphatic rings. The average molecular weight is 454 g/mol. The van der Waals surface area contributed by atoms with Crippen LogP contribution in [0.2, 0.25) is 5.02 Å². The molecule has 0 saturated heterocycles. The lowest BCUT2D eigenvalue weighted by atomic mass is 9.91. The van der Waals surface area contributed by atoms with E-state index in [4.69, 9.17) is 21.6 Å². The Bertz CT molecular complexity index is 1120. The zero-order valence-electron chi connectivity index (χ0n) is 18.1. The molecule has 2 aromatic heterocycles. The third-order valence-electron chi connectivity index (χ3n) is 6.18. The number of benzene rings is 1. The van der Waals surface area contributed by atoms with E-state index >= 15 is 0 Å². The summed E-state index contributed by atoms with van der Waals surface area (Å²) in [6.07, 6.45) is 7.94. The molecule has 5 rings (SSSR count). The van der Waals surface area contributed by atoms with Gasteiger partial charge in [-0.3, -0.25) is 0 Å². The summed E-state index contributed by atoms with van der Waals surface area (Å²) in [5.41, 5.74) is 1.69. The number of amides is 2. The minimum Gasteiger partial charge on any atom is -0.367 e. The number of hydrogen-bond donors (Lipinski definition) is 3. The number of hydrogen-bond acceptors (Lipinski definition) is 5. The van der Waals surface area contributed by atoms with Gasteiger partial charge in [0.15, 0.2) is 5.65 Å². The van der Waals surface area contributed by atoms with Gasteiger partial charge in [0.05, 0.1) is 17.3 Å².